The van der Waals surface area contributed by atoms with Crippen molar-refractivity contribution in [2.45, 2.75) is 45.1 Å². The van der Waals surface area contributed by atoms with Crippen molar-refractivity contribution in [3.05, 3.63) is 24.2 Å². The van der Waals surface area contributed by atoms with Gasteiger partial charge in [0.2, 0.25) is 0 Å². The second-order valence-corrected chi connectivity index (χ2v) is 5.32. The Kier molecular flexibility index (Phi) is 2.40. The van der Waals surface area contributed by atoms with E-state index in [0.717, 1.165) is 12.8 Å². The number of rotatable bonds is 1. The zero-order valence-corrected chi connectivity index (χ0v) is 8.99. The predicted molar refractivity (Wildman–Crippen MR) is 57.1 cm³/mol. The molecule has 0 bridgehead atoms. The van der Waals surface area contributed by atoms with E-state index in [2.05, 4.69) is 19.9 Å². The lowest BCUT2D eigenvalue weighted by Crippen LogP contribution is -2.36. The van der Waals surface area contributed by atoms with Gasteiger partial charge in [0.1, 0.15) is 0 Å². The molecular formula is C12H19NO. The maximum atomic E-state index is 6.08. The van der Waals surface area contributed by atoms with Crippen LogP contribution in [0.3, 0.4) is 0 Å². The van der Waals surface area contributed by atoms with E-state index in [1.807, 2.05) is 6.26 Å². The van der Waals surface area contributed by atoms with Crippen molar-refractivity contribution < 1.29 is 4.42 Å². The highest BCUT2D eigenvalue weighted by Crippen LogP contribution is 2.42. The summed E-state index contributed by atoms with van der Waals surface area (Å²) >= 11 is 0. The number of hydrogen-bond donors (Lipinski definition) is 1. The van der Waals surface area contributed by atoms with Gasteiger partial charge in [-0.05, 0) is 42.2 Å². The summed E-state index contributed by atoms with van der Waals surface area (Å²) in [6, 6.07) is 2.41. The van der Waals surface area contributed by atoms with E-state index >= 15 is 0 Å². The fraction of sp³-hybridized carbons (Fsp3) is 0.667. The van der Waals surface area contributed by atoms with Gasteiger partial charge in [0.15, 0.2) is 0 Å². The van der Waals surface area contributed by atoms with Crippen molar-refractivity contribution in [2.24, 2.45) is 11.1 Å². The summed E-state index contributed by atoms with van der Waals surface area (Å²) in [5, 5.41) is 0. The van der Waals surface area contributed by atoms with E-state index in [-0.39, 0.29) is 0 Å². The van der Waals surface area contributed by atoms with Gasteiger partial charge in [-0.2, -0.15) is 0 Å². The van der Waals surface area contributed by atoms with Crippen LogP contribution in [0, 0.1) is 5.41 Å². The molecule has 1 saturated carbocycles. The first-order chi connectivity index (χ1) is 6.57. The van der Waals surface area contributed by atoms with Crippen LogP contribution < -0.4 is 5.73 Å². The van der Waals surface area contributed by atoms with Crippen LogP contribution in [0.5, 0.6) is 0 Å². The lowest BCUT2D eigenvalue weighted by atomic mass is 9.69. The van der Waals surface area contributed by atoms with Crippen LogP contribution in [0.1, 0.15) is 44.6 Å². The molecular weight excluding hydrogens is 174 g/mol. The van der Waals surface area contributed by atoms with Crippen molar-refractivity contribution in [1.82, 2.24) is 0 Å². The van der Waals surface area contributed by atoms with Gasteiger partial charge >= 0.3 is 0 Å². The summed E-state index contributed by atoms with van der Waals surface area (Å²) in [6.07, 6.45) is 7.08. The van der Waals surface area contributed by atoms with Crippen molar-refractivity contribution >= 4 is 0 Å². The second-order valence-electron chi connectivity index (χ2n) is 5.32. The molecule has 78 valence electrons. The van der Waals surface area contributed by atoms with Gasteiger partial charge in [0.25, 0.3) is 0 Å². The van der Waals surface area contributed by atoms with Crippen molar-refractivity contribution in [1.29, 1.82) is 0 Å². The number of furan rings is 1. The molecule has 2 heteroatoms. The highest BCUT2D eigenvalue weighted by atomic mass is 16.3. The average molecular weight is 193 g/mol. The Morgan fingerprint density at radius 3 is 2.79 bits per heavy atom. The van der Waals surface area contributed by atoms with Gasteiger partial charge in [-0.15, -0.1) is 0 Å². The molecule has 1 fully saturated rings. The summed E-state index contributed by atoms with van der Waals surface area (Å²) in [5.41, 5.74) is 7.76. The summed E-state index contributed by atoms with van der Waals surface area (Å²) in [6.45, 7) is 4.61. The molecule has 0 amide bonds. The minimum Gasteiger partial charge on any atom is -0.472 e. The maximum absolute atomic E-state index is 6.08. The molecule has 1 heterocycles. The SMILES string of the molecule is CC1(C)CC(N)CC(c2ccoc2)C1. The standard InChI is InChI=1S/C12H19NO/c1-12(2)6-10(5-11(13)7-12)9-3-4-14-8-9/h3-4,8,10-11H,5-7,13H2,1-2H3. The molecule has 1 aromatic rings. The molecule has 0 saturated heterocycles. The van der Waals surface area contributed by atoms with Crippen molar-refractivity contribution in [3.63, 3.8) is 0 Å². The molecule has 1 aliphatic rings. The lowest BCUT2D eigenvalue weighted by molar-refractivity contribution is 0.196. The van der Waals surface area contributed by atoms with E-state index in [1.165, 1.54) is 12.0 Å². The van der Waals surface area contributed by atoms with E-state index in [4.69, 9.17) is 10.2 Å². The van der Waals surface area contributed by atoms with Crippen molar-refractivity contribution in [2.75, 3.05) is 0 Å². The third kappa shape index (κ3) is 2.01. The highest BCUT2D eigenvalue weighted by molar-refractivity contribution is 5.15. The summed E-state index contributed by atoms with van der Waals surface area (Å²) < 4.78 is 5.13. The van der Waals surface area contributed by atoms with Crippen LogP contribution in [-0.2, 0) is 0 Å². The Labute approximate surface area is 85.5 Å². The number of nitrogens with two attached hydrogens (primary N) is 1. The Morgan fingerprint density at radius 2 is 2.21 bits per heavy atom. The van der Waals surface area contributed by atoms with Gasteiger partial charge in [-0.1, -0.05) is 13.8 Å². The van der Waals surface area contributed by atoms with Crippen LogP contribution in [0.15, 0.2) is 23.0 Å². The smallest absolute Gasteiger partial charge is 0.0937 e. The van der Waals surface area contributed by atoms with Gasteiger partial charge in [-0.3, -0.25) is 0 Å². The largest absolute Gasteiger partial charge is 0.472 e. The van der Waals surface area contributed by atoms with E-state index in [1.54, 1.807) is 6.26 Å². The Bertz CT molecular complexity index is 289. The molecule has 1 aliphatic carbocycles. The topological polar surface area (TPSA) is 39.2 Å². The van der Waals surface area contributed by atoms with Crippen LogP contribution in [0.25, 0.3) is 0 Å². The van der Waals surface area contributed by atoms with Gasteiger partial charge in [0, 0.05) is 6.04 Å². The molecule has 14 heavy (non-hydrogen) atoms. The zero-order chi connectivity index (χ0) is 10.2. The normalized spacial score (nSPS) is 31.6. The lowest BCUT2D eigenvalue weighted by Gasteiger charge is -2.38. The first kappa shape index (κ1) is 9.78. The minimum atomic E-state index is 0.346. The van der Waals surface area contributed by atoms with E-state index in [0.29, 0.717) is 17.4 Å². The van der Waals surface area contributed by atoms with Gasteiger partial charge in [0.05, 0.1) is 12.5 Å². The van der Waals surface area contributed by atoms with E-state index in [9.17, 15) is 0 Å². The van der Waals surface area contributed by atoms with Crippen LogP contribution in [0.2, 0.25) is 0 Å². The molecule has 0 aromatic carbocycles. The number of hydrogen-bond acceptors (Lipinski definition) is 2. The monoisotopic (exact) mass is 193 g/mol. The molecule has 2 unspecified atom stereocenters. The highest BCUT2D eigenvalue weighted by Gasteiger charge is 2.33. The third-order valence-electron chi connectivity index (χ3n) is 3.22. The molecule has 2 rings (SSSR count). The Hall–Kier alpha value is -0.760. The summed E-state index contributed by atoms with van der Waals surface area (Å²) in [4.78, 5) is 0. The summed E-state index contributed by atoms with van der Waals surface area (Å²) in [7, 11) is 0. The molecule has 0 radical (unpaired) electrons. The van der Waals surface area contributed by atoms with Gasteiger partial charge in [-0.25, -0.2) is 0 Å². The van der Waals surface area contributed by atoms with Crippen molar-refractivity contribution in [3.8, 4) is 0 Å². The third-order valence-corrected chi connectivity index (χ3v) is 3.22. The molecule has 0 spiro atoms. The Balaban J connectivity index is 2.14. The maximum Gasteiger partial charge on any atom is 0.0937 e. The minimum absolute atomic E-state index is 0.346. The fourth-order valence-corrected chi connectivity index (χ4v) is 2.75. The fourth-order valence-electron chi connectivity index (χ4n) is 2.75. The predicted octanol–water partition coefficient (Wildman–Crippen LogP) is 2.90. The molecule has 2 nitrogen and oxygen atoms in total. The summed E-state index contributed by atoms with van der Waals surface area (Å²) in [5.74, 6) is 0.590. The second kappa shape index (κ2) is 3.43. The van der Waals surface area contributed by atoms with Gasteiger partial charge < -0.3 is 10.2 Å². The molecule has 1 aromatic heterocycles. The Morgan fingerprint density at radius 1 is 1.43 bits per heavy atom. The first-order valence-corrected chi connectivity index (χ1v) is 5.34. The zero-order valence-electron chi connectivity index (χ0n) is 8.99. The van der Waals surface area contributed by atoms with Crippen LogP contribution >= 0.6 is 0 Å². The first-order valence-electron chi connectivity index (χ1n) is 5.34. The molecule has 0 aliphatic heterocycles. The van der Waals surface area contributed by atoms with Crippen LogP contribution in [-0.4, -0.2) is 6.04 Å². The molecule has 2 atom stereocenters. The average Bonchev–Trinajstić information content (AvgIpc) is 2.51. The van der Waals surface area contributed by atoms with Crippen LogP contribution in [0.4, 0.5) is 0 Å². The van der Waals surface area contributed by atoms with E-state index < -0.39 is 0 Å². The quantitative estimate of drug-likeness (QED) is 0.744. The molecule has 2 N–H and O–H groups in total.